The van der Waals surface area contributed by atoms with Crippen molar-refractivity contribution in [2.45, 2.75) is 0 Å². The van der Waals surface area contributed by atoms with Gasteiger partial charge in [-0.3, -0.25) is 4.79 Å². The number of aliphatic hydroxyl groups is 1. The lowest BCUT2D eigenvalue weighted by Crippen LogP contribution is -2.18. The molecule has 0 fully saturated rings. The largest absolute Gasteiger partial charge is 0.506 e. The molecule has 3 rings (SSSR count). The highest BCUT2D eigenvalue weighted by atomic mass is 35.5. The van der Waals surface area contributed by atoms with E-state index in [2.05, 4.69) is 10.3 Å². The molecule has 0 saturated heterocycles. The molecule has 0 amide bonds. The molecule has 8 heteroatoms. The number of hydrogen-bond donors (Lipinski definition) is 4. The molecule has 0 aliphatic heterocycles. The van der Waals surface area contributed by atoms with Crippen LogP contribution in [-0.4, -0.2) is 26.8 Å². The number of rotatable bonds is 3. The van der Waals surface area contributed by atoms with Crippen molar-refractivity contribution in [2.75, 3.05) is 5.32 Å². The summed E-state index contributed by atoms with van der Waals surface area (Å²) in [4.78, 5) is 16.3. The van der Waals surface area contributed by atoms with E-state index in [9.17, 15) is 20.1 Å². The molecule has 0 unspecified atom stereocenters. The first-order valence-corrected chi connectivity index (χ1v) is 8.09. The van der Waals surface area contributed by atoms with Gasteiger partial charge in [0, 0.05) is 11.8 Å². The van der Waals surface area contributed by atoms with E-state index < -0.39 is 5.78 Å². The first-order chi connectivity index (χ1) is 12.3. The summed E-state index contributed by atoms with van der Waals surface area (Å²) in [7, 11) is 0. The summed E-state index contributed by atoms with van der Waals surface area (Å²) in [5, 5.41) is 32.0. The van der Waals surface area contributed by atoms with E-state index in [1.807, 2.05) is 0 Å². The SMILES string of the molecule is O=C1C=C(O)C(=Nc2ccc(O)c(Cl)c2)C=C1Nc1ccc(O)c(Cl)c1. The van der Waals surface area contributed by atoms with E-state index in [0.29, 0.717) is 11.4 Å². The molecule has 1 aliphatic carbocycles. The van der Waals surface area contributed by atoms with Crippen LogP contribution in [0.3, 0.4) is 0 Å². The Balaban J connectivity index is 1.93. The Bertz CT molecular complexity index is 997. The summed E-state index contributed by atoms with van der Waals surface area (Å²) >= 11 is 11.7. The number of aliphatic imine (C=N–C) groups is 1. The van der Waals surface area contributed by atoms with Crippen molar-refractivity contribution in [3.63, 3.8) is 0 Å². The molecule has 2 aromatic carbocycles. The maximum atomic E-state index is 12.1. The maximum Gasteiger partial charge on any atom is 0.205 e. The summed E-state index contributed by atoms with van der Waals surface area (Å²) in [6.07, 6.45) is 2.41. The van der Waals surface area contributed by atoms with Crippen LogP contribution in [-0.2, 0) is 4.79 Å². The van der Waals surface area contributed by atoms with Gasteiger partial charge in [0.2, 0.25) is 5.78 Å². The van der Waals surface area contributed by atoms with Crippen molar-refractivity contribution in [3.8, 4) is 11.5 Å². The fourth-order valence-electron chi connectivity index (χ4n) is 2.19. The van der Waals surface area contributed by atoms with Crippen LogP contribution in [0.4, 0.5) is 11.4 Å². The monoisotopic (exact) mass is 390 g/mol. The van der Waals surface area contributed by atoms with Gasteiger partial charge in [-0.05, 0) is 42.5 Å². The molecule has 1 aliphatic rings. The van der Waals surface area contributed by atoms with Gasteiger partial charge in [-0.1, -0.05) is 23.2 Å². The number of aromatic hydroxyl groups is 2. The Kier molecular flexibility index (Phi) is 4.88. The van der Waals surface area contributed by atoms with E-state index in [1.54, 1.807) is 6.07 Å². The fourth-order valence-corrected chi connectivity index (χ4v) is 2.54. The lowest BCUT2D eigenvalue weighted by atomic mass is 10.1. The molecule has 4 N–H and O–H groups in total. The maximum absolute atomic E-state index is 12.1. The number of nitrogens with one attached hydrogen (secondary N) is 1. The van der Waals surface area contributed by atoms with Gasteiger partial charge in [-0.2, -0.15) is 0 Å². The zero-order chi connectivity index (χ0) is 18.8. The van der Waals surface area contributed by atoms with Gasteiger partial charge in [0.15, 0.2) is 0 Å². The number of phenolic OH excluding ortho intramolecular Hbond substituents is 2. The van der Waals surface area contributed by atoms with Crippen molar-refractivity contribution in [1.82, 2.24) is 0 Å². The Morgan fingerprint density at radius 2 is 1.54 bits per heavy atom. The van der Waals surface area contributed by atoms with E-state index in [1.165, 1.54) is 36.4 Å². The molecule has 0 spiro atoms. The molecule has 0 radical (unpaired) electrons. The lowest BCUT2D eigenvalue weighted by Gasteiger charge is -2.14. The van der Waals surface area contributed by atoms with Crippen molar-refractivity contribution < 1.29 is 20.1 Å². The average molecular weight is 391 g/mol. The number of phenols is 2. The third kappa shape index (κ3) is 3.82. The van der Waals surface area contributed by atoms with Crippen molar-refractivity contribution >= 4 is 46.1 Å². The number of aliphatic hydroxyl groups excluding tert-OH is 1. The van der Waals surface area contributed by atoms with Crippen LogP contribution in [0.5, 0.6) is 11.5 Å². The first-order valence-electron chi connectivity index (χ1n) is 7.33. The van der Waals surface area contributed by atoms with Crippen LogP contribution in [0.15, 0.2) is 65.0 Å². The number of anilines is 1. The number of halogens is 2. The standard InChI is InChI=1S/C18H12Cl2N2O4/c19-11-5-9(1-3-15(11)23)21-13-7-14(18(26)8-17(13)25)22-10-2-4-16(24)12(20)6-10/h1-8,21,23-24,26H. The molecule has 0 heterocycles. The summed E-state index contributed by atoms with van der Waals surface area (Å²) < 4.78 is 0. The molecular weight excluding hydrogens is 379 g/mol. The van der Waals surface area contributed by atoms with E-state index in [0.717, 1.165) is 6.08 Å². The molecular formula is C18H12Cl2N2O4. The second-order valence-corrected chi connectivity index (χ2v) is 6.19. The molecule has 132 valence electrons. The van der Waals surface area contributed by atoms with Crippen LogP contribution in [0.2, 0.25) is 10.0 Å². The molecule has 26 heavy (non-hydrogen) atoms. The van der Waals surface area contributed by atoms with Gasteiger partial charge in [0.05, 0.1) is 21.4 Å². The van der Waals surface area contributed by atoms with Gasteiger partial charge < -0.3 is 20.6 Å². The summed E-state index contributed by atoms with van der Waals surface area (Å²) in [5.41, 5.74) is 1.17. The summed E-state index contributed by atoms with van der Waals surface area (Å²) in [5.74, 6) is -0.913. The number of nitrogens with zero attached hydrogens (tertiary/aromatic N) is 1. The van der Waals surface area contributed by atoms with Crippen molar-refractivity contribution in [3.05, 3.63) is 70.1 Å². The predicted molar refractivity (Wildman–Crippen MR) is 101 cm³/mol. The molecule has 0 aromatic heterocycles. The normalized spacial score (nSPS) is 15.6. The first kappa shape index (κ1) is 17.8. The highest BCUT2D eigenvalue weighted by Crippen LogP contribution is 2.29. The lowest BCUT2D eigenvalue weighted by molar-refractivity contribution is -0.111. The smallest absolute Gasteiger partial charge is 0.205 e. The van der Waals surface area contributed by atoms with E-state index in [4.69, 9.17) is 23.2 Å². The second kappa shape index (κ2) is 7.11. The molecule has 0 atom stereocenters. The van der Waals surface area contributed by atoms with Gasteiger partial charge in [0.25, 0.3) is 0 Å². The minimum Gasteiger partial charge on any atom is -0.506 e. The fraction of sp³-hybridized carbons (Fsp3) is 0. The van der Waals surface area contributed by atoms with Crippen molar-refractivity contribution in [2.24, 2.45) is 4.99 Å². The topological polar surface area (TPSA) is 102 Å². The highest BCUT2D eigenvalue weighted by Gasteiger charge is 2.19. The van der Waals surface area contributed by atoms with Gasteiger partial charge >= 0.3 is 0 Å². The summed E-state index contributed by atoms with van der Waals surface area (Å²) in [6.45, 7) is 0. The van der Waals surface area contributed by atoms with Crippen LogP contribution in [0.25, 0.3) is 0 Å². The third-order valence-corrected chi connectivity index (χ3v) is 4.09. The van der Waals surface area contributed by atoms with Crippen LogP contribution in [0, 0.1) is 0 Å². The number of carbonyl (C=O) groups is 1. The Morgan fingerprint density at radius 3 is 2.19 bits per heavy atom. The third-order valence-electron chi connectivity index (χ3n) is 3.48. The zero-order valence-corrected chi connectivity index (χ0v) is 14.6. The number of ketones is 1. The van der Waals surface area contributed by atoms with Gasteiger partial charge in [-0.25, -0.2) is 4.99 Å². The number of benzene rings is 2. The molecule has 0 saturated carbocycles. The number of hydrogen-bond acceptors (Lipinski definition) is 6. The van der Waals surface area contributed by atoms with Gasteiger partial charge in [0.1, 0.15) is 23.0 Å². The van der Waals surface area contributed by atoms with Crippen LogP contribution < -0.4 is 5.32 Å². The zero-order valence-electron chi connectivity index (χ0n) is 13.1. The second-order valence-electron chi connectivity index (χ2n) is 5.38. The predicted octanol–water partition coefficient (Wildman–Crippen LogP) is 4.50. The van der Waals surface area contributed by atoms with E-state index in [-0.39, 0.29) is 38.7 Å². The van der Waals surface area contributed by atoms with Crippen molar-refractivity contribution in [1.29, 1.82) is 0 Å². The Labute approximate surface area is 158 Å². The Hall–Kier alpha value is -2.96. The minimum atomic E-state index is -0.450. The molecule has 6 nitrogen and oxygen atoms in total. The van der Waals surface area contributed by atoms with Crippen LogP contribution >= 0.6 is 23.2 Å². The van der Waals surface area contributed by atoms with E-state index >= 15 is 0 Å². The quantitative estimate of drug-likeness (QED) is 0.456. The Morgan fingerprint density at radius 1 is 0.885 bits per heavy atom. The molecule has 0 bridgehead atoms. The minimum absolute atomic E-state index is 0.0785. The number of allylic oxidation sites excluding steroid dienone is 2. The van der Waals surface area contributed by atoms with Gasteiger partial charge in [-0.15, -0.1) is 0 Å². The number of carbonyl (C=O) groups excluding carboxylic acids is 1. The highest BCUT2D eigenvalue weighted by molar-refractivity contribution is 6.32. The van der Waals surface area contributed by atoms with Crippen LogP contribution in [0.1, 0.15) is 0 Å². The summed E-state index contributed by atoms with van der Waals surface area (Å²) in [6, 6.07) is 8.70. The molecule has 2 aromatic rings. The average Bonchev–Trinajstić information content (AvgIpc) is 2.58.